The molecule has 0 spiro atoms. The standard InChI is InChI=1S/C18H21O9P/c1-22-13-5-11(6-14(23-2)17(13)19)9-26-28(21)27-10-12-7-15(24-3)18(20)16(8-12)25-4/h5-8H,9-10H2,1-4H3,(H-,19,20)/p+1. The fourth-order valence-corrected chi connectivity index (χ4v) is 2.94. The summed E-state index contributed by atoms with van der Waals surface area (Å²) in [5, 5.41) is 19.8. The molecule has 0 bridgehead atoms. The molecule has 9 nitrogen and oxygen atoms in total. The Kier molecular flexibility index (Phi) is 7.69. The van der Waals surface area contributed by atoms with Crippen LogP contribution in [0.1, 0.15) is 11.1 Å². The van der Waals surface area contributed by atoms with E-state index < -0.39 is 8.25 Å². The van der Waals surface area contributed by atoms with Crippen molar-refractivity contribution in [3.05, 3.63) is 35.4 Å². The van der Waals surface area contributed by atoms with Crippen LogP contribution in [0.4, 0.5) is 0 Å². The zero-order chi connectivity index (χ0) is 20.7. The summed E-state index contributed by atoms with van der Waals surface area (Å²) in [6.07, 6.45) is 0. The number of phenolic OH excluding ortho intramolecular Hbond substituents is 2. The van der Waals surface area contributed by atoms with Crippen LogP contribution in [-0.2, 0) is 26.8 Å². The third-order valence-corrected chi connectivity index (χ3v) is 4.43. The van der Waals surface area contributed by atoms with Gasteiger partial charge >= 0.3 is 8.25 Å². The van der Waals surface area contributed by atoms with Crippen molar-refractivity contribution in [3.63, 3.8) is 0 Å². The summed E-state index contributed by atoms with van der Waals surface area (Å²) in [7, 11) is 3.19. The van der Waals surface area contributed by atoms with E-state index in [1.807, 2.05) is 0 Å². The summed E-state index contributed by atoms with van der Waals surface area (Å²) in [6.45, 7) is -0.102. The van der Waals surface area contributed by atoms with Crippen LogP contribution in [0.2, 0.25) is 0 Å². The molecular weight excluding hydrogens is 391 g/mol. The molecule has 2 aromatic carbocycles. The molecule has 2 aromatic rings. The lowest BCUT2D eigenvalue weighted by molar-refractivity contribution is 0.211. The molecule has 0 saturated heterocycles. The maximum atomic E-state index is 12.0. The monoisotopic (exact) mass is 413 g/mol. The first-order chi connectivity index (χ1) is 13.4. The van der Waals surface area contributed by atoms with E-state index in [-0.39, 0.29) is 47.7 Å². The van der Waals surface area contributed by atoms with Gasteiger partial charge in [0.2, 0.25) is 11.5 Å². The van der Waals surface area contributed by atoms with Gasteiger partial charge in [-0.2, -0.15) is 0 Å². The Labute approximate surface area is 163 Å². The maximum absolute atomic E-state index is 12.0. The Morgan fingerprint density at radius 1 is 0.679 bits per heavy atom. The van der Waals surface area contributed by atoms with Crippen LogP contribution in [0.15, 0.2) is 24.3 Å². The van der Waals surface area contributed by atoms with E-state index in [1.165, 1.54) is 52.7 Å². The maximum Gasteiger partial charge on any atom is 0.698 e. The minimum Gasteiger partial charge on any atom is -0.502 e. The lowest BCUT2D eigenvalue weighted by Crippen LogP contribution is -1.95. The van der Waals surface area contributed by atoms with Crippen LogP contribution in [0.25, 0.3) is 0 Å². The lowest BCUT2D eigenvalue weighted by atomic mass is 10.2. The highest BCUT2D eigenvalue weighted by atomic mass is 31.1. The van der Waals surface area contributed by atoms with Gasteiger partial charge in [-0.1, -0.05) is 0 Å². The lowest BCUT2D eigenvalue weighted by Gasteiger charge is -2.10. The Hall–Kier alpha value is -2.74. The number of aromatic hydroxyl groups is 2. The van der Waals surface area contributed by atoms with Crippen LogP contribution in [-0.4, -0.2) is 38.7 Å². The average Bonchev–Trinajstić information content (AvgIpc) is 2.71. The quantitative estimate of drug-likeness (QED) is 0.565. The molecule has 0 atom stereocenters. The molecule has 0 unspecified atom stereocenters. The zero-order valence-corrected chi connectivity index (χ0v) is 16.8. The van der Waals surface area contributed by atoms with Gasteiger partial charge in [-0.25, -0.2) is 0 Å². The van der Waals surface area contributed by atoms with Crippen molar-refractivity contribution in [1.29, 1.82) is 0 Å². The van der Waals surface area contributed by atoms with Gasteiger partial charge in [-0.3, -0.25) is 0 Å². The Morgan fingerprint density at radius 2 is 0.964 bits per heavy atom. The van der Waals surface area contributed by atoms with Gasteiger partial charge in [0, 0.05) is 4.57 Å². The number of benzene rings is 2. The van der Waals surface area contributed by atoms with Crippen LogP contribution in [0.3, 0.4) is 0 Å². The van der Waals surface area contributed by atoms with E-state index in [0.29, 0.717) is 11.1 Å². The first-order valence-corrected chi connectivity index (χ1v) is 9.13. The van der Waals surface area contributed by atoms with Gasteiger partial charge in [0.15, 0.2) is 23.0 Å². The number of rotatable bonds is 10. The summed E-state index contributed by atoms with van der Waals surface area (Å²) in [4.78, 5) is 0. The number of hydrogen-bond donors (Lipinski definition) is 2. The predicted octanol–water partition coefficient (Wildman–Crippen LogP) is 3.52. The highest BCUT2D eigenvalue weighted by Gasteiger charge is 2.23. The Bertz CT molecular complexity index is 720. The topological polar surface area (TPSA) is 113 Å². The molecule has 0 radical (unpaired) electrons. The second-order valence-corrected chi connectivity index (χ2v) is 6.43. The number of hydrogen-bond acceptors (Lipinski definition) is 9. The van der Waals surface area contributed by atoms with Crippen molar-refractivity contribution in [2.45, 2.75) is 13.2 Å². The van der Waals surface area contributed by atoms with Gasteiger partial charge in [0.1, 0.15) is 13.2 Å². The van der Waals surface area contributed by atoms with Crippen molar-refractivity contribution in [3.8, 4) is 34.5 Å². The number of ether oxygens (including phenoxy) is 4. The average molecular weight is 413 g/mol. The van der Waals surface area contributed by atoms with Crippen molar-refractivity contribution < 1.29 is 42.8 Å². The first kappa shape index (κ1) is 21.6. The molecule has 0 fully saturated rings. The molecule has 0 amide bonds. The zero-order valence-electron chi connectivity index (χ0n) is 15.9. The summed E-state index contributed by atoms with van der Waals surface area (Å²) >= 11 is 0. The molecule has 28 heavy (non-hydrogen) atoms. The molecule has 0 aromatic heterocycles. The van der Waals surface area contributed by atoms with Crippen molar-refractivity contribution in [2.24, 2.45) is 0 Å². The molecule has 0 heterocycles. The highest BCUT2D eigenvalue weighted by Crippen LogP contribution is 2.40. The first-order valence-electron chi connectivity index (χ1n) is 8.04. The van der Waals surface area contributed by atoms with Crippen molar-refractivity contribution in [2.75, 3.05) is 28.4 Å². The van der Waals surface area contributed by atoms with Gasteiger partial charge in [-0.15, -0.1) is 9.05 Å². The van der Waals surface area contributed by atoms with E-state index in [9.17, 15) is 14.8 Å². The predicted molar refractivity (Wildman–Crippen MR) is 99.6 cm³/mol. The minimum absolute atomic E-state index is 0.0512. The number of methoxy groups -OCH3 is 4. The molecule has 2 N–H and O–H groups in total. The van der Waals surface area contributed by atoms with Crippen molar-refractivity contribution >= 4 is 8.25 Å². The van der Waals surface area contributed by atoms with Crippen LogP contribution in [0, 0.1) is 0 Å². The molecule has 0 aliphatic rings. The highest BCUT2D eigenvalue weighted by molar-refractivity contribution is 7.33. The van der Waals surface area contributed by atoms with E-state index in [2.05, 4.69) is 0 Å². The second-order valence-electron chi connectivity index (χ2n) is 5.47. The molecule has 0 saturated carbocycles. The summed E-state index contributed by atoms with van der Waals surface area (Å²) in [6, 6.07) is 6.15. The van der Waals surface area contributed by atoms with Gasteiger partial charge < -0.3 is 29.2 Å². The third kappa shape index (κ3) is 5.16. The van der Waals surface area contributed by atoms with E-state index in [0.717, 1.165) is 0 Å². The normalized spacial score (nSPS) is 10.4. The molecule has 0 aliphatic carbocycles. The Balaban J connectivity index is 1.99. The summed E-state index contributed by atoms with van der Waals surface area (Å²) in [5.41, 5.74) is 1.15. The third-order valence-electron chi connectivity index (χ3n) is 3.75. The van der Waals surface area contributed by atoms with Crippen molar-refractivity contribution in [1.82, 2.24) is 0 Å². The molecule has 0 aliphatic heterocycles. The minimum atomic E-state index is -2.44. The molecular formula is C18H22O9P+. The summed E-state index contributed by atoms with van der Waals surface area (Å²) in [5.74, 6) is 0.554. The van der Waals surface area contributed by atoms with Gasteiger partial charge in [0.25, 0.3) is 0 Å². The molecule has 2 rings (SSSR count). The largest absolute Gasteiger partial charge is 0.698 e. The second kappa shape index (κ2) is 9.98. The smallest absolute Gasteiger partial charge is 0.502 e. The van der Waals surface area contributed by atoms with E-state index in [1.54, 1.807) is 0 Å². The Morgan fingerprint density at radius 3 is 1.21 bits per heavy atom. The fourth-order valence-electron chi connectivity index (χ4n) is 2.35. The molecule has 152 valence electrons. The van der Waals surface area contributed by atoms with E-state index >= 15 is 0 Å². The van der Waals surface area contributed by atoms with Crippen LogP contribution >= 0.6 is 8.25 Å². The summed E-state index contributed by atoms with van der Waals surface area (Å²) < 4.78 is 42.7. The van der Waals surface area contributed by atoms with Gasteiger partial charge in [0.05, 0.1) is 28.4 Å². The SMILES string of the molecule is COc1cc(CO[P+](=O)OCc2cc(OC)c(O)c(OC)c2)cc(OC)c1O. The molecule has 10 heteroatoms. The van der Waals surface area contributed by atoms with Gasteiger partial charge in [-0.05, 0) is 35.4 Å². The fraction of sp³-hybridized carbons (Fsp3) is 0.333. The van der Waals surface area contributed by atoms with E-state index in [4.69, 9.17) is 28.0 Å². The van der Waals surface area contributed by atoms with Crippen LogP contribution in [0.5, 0.6) is 34.5 Å². The number of phenols is 2. The van der Waals surface area contributed by atoms with Crippen LogP contribution < -0.4 is 18.9 Å².